The number of carboxylic acids is 1. The first-order chi connectivity index (χ1) is 13.8. The maximum atomic E-state index is 13.8. The molecule has 0 amide bonds. The van der Waals surface area contributed by atoms with E-state index in [2.05, 4.69) is 19.1 Å². The topological polar surface area (TPSA) is 80.4 Å². The maximum Gasteiger partial charge on any atom is 0.320 e. The van der Waals surface area contributed by atoms with Gasteiger partial charge in [-0.1, -0.05) is 36.4 Å². The SMILES string of the molecule is Cc1cccc(-c2c(C)cc3c4c2-c2c(C)cccc2P34=O)c1CC(N)C(=O)O. The molecule has 0 aromatic heterocycles. The molecule has 2 unspecified atom stereocenters. The molecule has 0 bridgehead atoms. The minimum atomic E-state index is -2.58. The fourth-order valence-corrected chi connectivity index (χ4v) is 8.14. The highest BCUT2D eigenvalue weighted by atomic mass is 31.2. The van der Waals surface area contributed by atoms with Gasteiger partial charge in [0.15, 0.2) is 7.14 Å². The lowest BCUT2D eigenvalue weighted by molar-refractivity contribution is -0.138. The second-order valence-corrected chi connectivity index (χ2v) is 10.8. The summed E-state index contributed by atoms with van der Waals surface area (Å²) in [6.07, 6.45) is 0.256. The van der Waals surface area contributed by atoms with Crippen LogP contribution >= 0.6 is 7.14 Å². The van der Waals surface area contributed by atoms with E-state index in [0.29, 0.717) is 0 Å². The molecule has 2 atom stereocenters. The molecule has 4 nitrogen and oxygen atoms in total. The first-order valence-corrected chi connectivity index (χ1v) is 11.4. The summed E-state index contributed by atoms with van der Waals surface area (Å²) >= 11 is 0. The van der Waals surface area contributed by atoms with Crippen molar-refractivity contribution < 1.29 is 14.5 Å². The molecule has 2 aliphatic heterocycles. The first kappa shape index (κ1) is 18.4. The average Bonchev–Trinajstić information content (AvgIpc) is 3.16. The van der Waals surface area contributed by atoms with Gasteiger partial charge in [-0.2, -0.15) is 0 Å². The molecular formula is C24H22NO3P. The van der Waals surface area contributed by atoms with Crippen LogP contribution in [0.5, 0.6) is 0 Å². The molecule has 0 spiro atoms. The molecule has 0 saturated carbocycles. The van der Waals surface area contributed by atoms with Gasteiger partial charge in [-0.25, -0.2) is 0 Å². The molecule has 0 aliphatic carbocycles. The number of aryl methyl sites for hydroxylation is 3. The summed E-state index contributed by atoms with van der Waals surface area (Å²) in [5, 5.41) is 12.3. The van der Waals surface area contributed by atoms with Crippen LogP contribution in [0.4, 0.5) is 0 Å². The standard InChI is InChI=1S/C24H22NO3P/c1-12-6-4-8-15(16(12)11-17(25)24(26)27)20-14(3)10-19-23-22(20)21-13(2)7-5-9-18(21)29(19,23)28/h4-10,17H,11,25H2,1-3H3,(H,26,27). The largest absolute Gasteiger partial charge is 0.480 e. The van der Waals surface area contributed by atoms with Crippen LogP contribution in [0, 0.1) is 20.8 Å². The van der Waals surface area contributed by atoms with E-state index < -0.39 is 19.2 Å². The van der Waals surface area contributed by atoms with Crippen molar-refractivity contribution >= 4 is 29.0 Å². The lowest BCUT2D eigenvalue weighted by Gasteiger charge is -2.20. The van der Waals surface area contributed by atoms with Gasteiger partial charge in [-0.05, 0) is 72.2 Å². The van der Waals surface area contributed by atoms with E-state index >= 15 is 0 Å². The number of carbonyl (C=O) groups is 1. The molecule has 0 saturated heterocycles. The number of nitrogens with two attached hydrogens (primary N) is 1. The Morgan fingerprint density at radius 2 is 1.66 bits per heavy atom. The Kier molecular flexibility index (Phi) is 3.74. The van der Waals surface area contributed by atoms with Gasteiger partial charge in [-0.3, -0.25) is 4.79 Å². The van der Waals surface area contributed by atoms with Crippen LogP contribution in [-0.4, -0.2) is 17.1 Å². The van der Waals surface area contributed by atoms with Crippen molar-refractivity contribution in [3.63, 3.8) is 0 Å². The van der Waals surface area contributed by atoms with E-state index in [1.54, 1.807) is 0 Å². The van der Waals surface area contributed by atoms with Crippen molar-refractivity contribution in [3.05, 3.63) is 64.7 Å². The molecule has 3 N–H and O–H groups in total. The summed E-state index contributed by atoms with van der Waals surface area (Å²) < 4.78 is 13.8. The second-order valence-electron chi connectivity index (χ2n) is 8.14. The van der Waals surface area contributed by atoms with E-state index in [1.807, 2.05) is 44.2 Å². The zero-order valence-electron chi connectivity index (χ0n) is 16.6. The van der Waals surface area contributed by atoms with Gasteiger partial charge in [-0.15, -0.1) is 0 Å². The molecule has 0 radical (unpaired) electrons. The Labute approximate surface area is 169 Å². The maximum absolute atomic E-state index is 13.8. The quantitative estimate of drug-likeness (QED) is 0.452. The third-order valence-corrected chi connectivity index (χ3v) is 9.30. The second kappa shape index (κ2) is 5.91. The fourth-order valence-electron chi connectivity index (χ4n) is 4.88. The predicted octanol–water partition coefficient (Wildman–Crippen LogP) is 3.17. The normalized spacial score (nSPS) is 18.9. The van der Waals surface area contributed by atoms with Crippen molar-refractivity contribution in [1.82, 2.24) is 0 Å². The van der Waals surface area contributed by atoms with Crippen LogP contribution in [0.3, 0.4) is 0 Å². The highest BCUT2D eigenvalue weighted by Crippen LogP contribution is 2.65. The molecule has 0 fully saturated rings. The molecule has 3 aromatic rings. The van der Waals surface area contributed by atoms with Gasteiger partial charge in [0.05, 0.1) is 0 Å². The van der Waals surface area contributed by atoms with E-state index in [0.717, 1.165) is 60.4 Å². The molecule has 2 heterocycles. The number of hydrogen-bond donors (Lipinski definition) is 2. The Morgan fingerprint density at radius 3 is 2.38 bits per heavy atom. The van der Waals surface area contributed by atoms with Crippen molar-refractivity contribution in [2.24, 2.45) is 5.73 Å². The summed E-state index contributed by atoms with van der Waals surface area (Å²) in [4.78, 5) is 11.4. The van der Waals surface area contributed by atoms with Gasteiger partial charge >= 0.3 is 5.97 Å². The van der Waals surface area contributed by atoms with E-state index in [-0.39, 0.29) is 6.42 Å². The monoisotopic (exact) mass is 403 g/mol. The Hall–Kier alpha value is -2.68. The summed E-state index contributed by atoms with van der Waals surface area (Å²) in [5.74, 6) is -1.01. The smallest absolute Gasteiger partial charge is 0.320 e. The lowest BCUT2D eigenvalue weighted by Crippen LogP contribution is -2.32. The first-order valence-electron chi connectivity index (χ1n) is 9.73. The summed E-state index contributed by atoms with van der Waals surface area (Å²) in [5.41, 5.74) is 14.3. The Bertz CT molecular complexity index is 1290. The number of aliphatic carboxylic acids is 1. The minimum Gasteiger partial charge on any atom is -0.480 e. The van der Waals surface area contributed by atoms with Crippen LogP contribution < -0.4 is 21.6 Å². The van der Waals surface area contributed by atoms with Crippen LogP contribution in [0.2, 0.25) is 0 Å². The summed E-state index contributed by atoms with van der Waals surface area (Å²) in [6.45, 7) is 6.10. The number of rotatable bonds is 4. The third-order valence-electron chi connectivity index (χ3n) is 6.34. The van der Waals surface area contributed by atoms with Crippen molar-refractivity contribution in [3.8, 4) is 22.3 Å². The van der Waals surface area contributed by atoms with Crippen molar-refractivity contribution in [2.75, 3.05) is 0 Å². The van der Waals surface area contributed by atoms with E-state index in [1.165, 1.54) is 0 Å². The van der Waals surface area contributed by atoms with E-state index in [4.69, 9.17) is 5.73 Å². The van der Waals surface area contributed by atoms with Gasteiger partial charge in [0.1, 0.15) is 6.04 Å². The fraction of sp³-hybridized carbons (Fsp3) is 0.208. The van der Waals surface area contributed by atoms with Gasteiger partial charge in [0.2, 0.25) is 0 Å². The summed E-state index contributed by atoms with van der Waals surface area (Å²) in [7, 11) is -2.58. The van der Waals surface area contributed by atoms with Crippen LogP contribution in [0.25, 0.3) is 22.3 Å². The van der Waals surface area contributed by atoms with Gasteiger partial charge in [0, 0.05) is 21.5 Å². The molecular weight excluding hydrogens is 381 g/mol. The van der Waals surface area contributed by atoms with Crippen molar-refractivity contribution in [2.45, 2.75) is 33.2 Å². The van der Waals surface area contributed by atoms with Gasteiger partial charge < -0.3 is 15.4 Å². The van der Waals surface area contributed by atoms with E-state index in [9.17, 15) is 14.5 Å². The van der Waals surface area contributed by atoms with Crippen molar-refractivity contribution in [1.29, 1.82) is 0 Å². The lowest BCUT2D eigenvalue weighted by atomic mass is 9.84. The molecule has 2 aliphatic rings. The average molecular weight is 403 g/mol. The third kappa shape index (κ3) is 2.30. The highest BCUT2D eigenvalue weighted by molar-refractivity contribution is 7.96. The zero-order chi connectivity index (χ0) is 20.7. The predicted molar refractivity (Wildman–Crippen MR) is 117 cm³/mol. The minimum absolute atomic E-state index is 0.256. The van der Waals surface area contributed by atoms with Crippen LogP contribution in [0.1, 0.15) is 22.3 Å². The zero-order valence-corrected chi connectivity index (χ0v) is 17.5. The molecule has 3 aromatic carbocycles. The number of benzene rings is 3. The summed E-state index contributed by atoms with van der Waals surface area (Å²) in [6, 6.07) is 13.1. The number of carboxylic acid groups (broad SMARTS) is 1. The molecule has 5 rings (SSSR count). The highest BCUT2D eigenvalue weighted by Gasteiger charge is 2.57. The van der Waals surface area contributed by atoms with Crippen LogP contribution in [0.15, 0.2) is 42.5 Å². The Balaban J connectivity index is 1.82. The number of fused-ring (bicyclic) bond motifs is 4. The molecule has 146 valence electrons. The molecule has 29 heavy (non-hydrogen) atoms. The van der Waals surface area contributed by atoms with Gasteiger partial charge in [0.25, 0.3) is 0 Å². The number of hydrogen-bond acceptors (Lipinski definition) is 3. The molecule has 5 heteroatoms. The van der Waals surface area contributed by atoms with Crippen LogP contribution in [-0.2, 0) is 15.8 Å². The Morgan fingerprint density at radius 1 is 0.966 bits per heavy atom.